The third kappa shape index (κ3) is 4.63. The lowest BCUT2D eigenvalue weighted by Crippen LogP contribution is -2.27. The van der Waals surface area contributed by atoms with Gasteiger partial charge in [-0.2, -0.15) is 0 Å². The molecule has 1 rings (SSSR count). The summed E-state index contributed by atoms with van der Waals surface area (Å²) < 4.78 is 5.10. The van der Waals surface area contributed by atoms with E-state index in [0.717, 1.165) is 38.4 Å². The van der Waals surface area contributed by atoms with Crippen LogP contribution in [0.4, 0.5) is 5.82 Å². The van der Waals surface area contributed by atoms with Gasteiger partial charge in [0.1, 0.15) is 5.82 Å². The van der Waals surface area contributed by atoms with Gasteiger partial charge in [-0.3, -0.25) is 0 Å². The molecular weight excluding hydrogens is 226 g/mol. The van der Waals surface area contributed by atoms with E-state index in [0.29, 0.717) is 0 Å². The average Bonchev–Trinajstić information content (AvgIpc) is 2.41. The zero-order chi connectivity index (χ0) is 13.4. The van der Waals surface area contributed by atoms with Gasteiger partial charge in [0.05, 0.1) is 6.61 Å². The van der Waals surface area contributed by atoms with Crippen LogP contribution < -0.4 is 10.6 Å². The standard InChI is InChI=1S/C14H25N3O/c1-4-13(15)10-12-6-7-14(16-11-12)17(5-2)8-9-18-3/h6-7,11,13H,4-5,8-10,15H2,1-3H3. The van der Waals surface area contributed by atoms with Gasteiger partial charge >= 0.3 is 0 Å². The Balaban J connectivity index is 2.62. The molecule has 0 saturated heterocycles. The summed E-state index contributed by atoms with van der Waals surface area (Å²) >= 11 is 0. The summed E-state index contributed by atoms with van der Waals surface area (Å²) in [6, 6.07) is 4.41. The molecular formula is C14H25N3O. The van der Waals surface area contributed by atoms with E-state index >= 15 is 0 Å². The summed E-state index contributed by atoms with van der Waals surface area (Å²) in [5.74, 6) is 1.00. The normalized spacial score (nSPS) is 12.4. The molecule has 0 fully saturated rings. The highest BCUT2D eigenvalue weighted by molar-refractivity contribution is 5.39. The Morgan fingerprint density at radius 1 is 1.39 bits per heavy atom. The monoisotopic (exact) mass is 251 g/mol. The Kier molecular flexibility index (Phi) is 6.68. The van der Waals surface area contributed by atoms with Gasteiger partial charge in [0.25, 0.3) is 0 Å². The number of pyridine rings is 1. The van der Waals surface area contributed by atoms with E-state index in [-0.39, 0.29) is 6.04 Å². The zero-order valence-electron chi connectivity index (χ0n) is 11.7. The van der Waals surface area contributed by atoms with Crippen molar-refractivity contribution in [3.8, 4) is 0 Å². The first kappa shape index (κ1) is 14.9. The van der Waals surface area contributed by atoms with Crippen molar-refractivity contribution in [2.24, 2.45) is 5.73 Å². The SMILES string of the molecule is CCC(N)Cc1ccc(N(CC)CCOC)nc1. The fourth-order valence-electron chi connectivity index (χ4n) is 1.81. The van der Waals surface area contributed by atoms with Crippen LogP contribution in [0, 0.1) is 0 Å². The van der Waals surface area contributed by atoms with E-state index in [1.807, 2.05) is 6.20 Å². The summed E-state index contributed by atoms with van der Waals surface area (Å²) in [6.07, 6.45) is 3.82. The molecule has 1 aromatic rings. The molecule has 1 atom stereocenters. The molecule has 18 heavy (non-hydrogen) atoms. The second-order valence-corrected chi connectivity index (χ2v) is 4.47. The quantitative estimate of drug-likeness (QED) is 0.766. The molecule has 0 aliphatic rings. The smallest absolute Gasteiger partial charge is 0.128 e. The molecule has 0 radical (unpaired) electrons. The number of hydrogen-bond acceptors (Lipinski definition) is 4. The second-order valence-electron chi connectivity index (χ2n) is 4.47. The maximum absolute atomic E-state index is 5.94. The summed E-state index contributed by atoms with van der Waals surface area (Å²) in [7, 11) is 1.72. The Labute approximate surface area is 110 Å². The number of rotatable bonds is 8. The lowest BCUT2D eigenvalue weighted by atomic mass is 10.1. The molecule has 0 spiro atoms. The molecule has 2 N–H and O–H groups in total. The Bertz CT molecular complexity index is 326. The lowest BCUT2D eigenvalue weighted by molar-refractivity contribution is 0.205. The molecule has 1 aromatic heterocycles. The molecule has 102 valence electrons. The van der Waals surface area contributed by atoms with Gasteiger partial charge < -0.3 is 15.4 Å². The predicted molar refractivity (Wildman–Crippen MR) is 76.0 cm³/mol. The van der Waals surface area contributed by atoms with E-state index in [1.165, 1.54) is 5.56 Å². The number of aromatic nitrogens is 1. The van der Waals surface area contributed by atoms with Crippen LogP contribution in [0.5, 0.6) is 0 Å². The van der Waals surface area contributed by atoms with E-state index in [1.54, 1.807) is 7.11 Å². The molecule has 4 heteroatoms. The number of hydrogen-bond donors (Lipinski definition) is 1. The van der Waals surface area contributed by atoms with Crippen LogP contribution >= 0.6 is 0 Å². The van der Waals surface area contributed by atoms with E-state index in [9.17, 15) is 0 Å². The second kappa shape index (κ2) is 8.06. The number of likely N-dealkylation sites (N-methyl/N-ethyl adjacent to an activating group) is 1. The van der Waals surface area contributed by atoms with Crippen molar-refractivity contribution in [3.63, 3.8) is 0 Å². The van der Waals surface area contributed by atoms with Crippen LogP contribution in [0.1, 0.15) is 25.8 Å². The summed E-state index contributed by atoms with van der Waals surface area (Å²) in [5, 5.41) is 0. The molecule has 1 heterocycles. The fourth-order valence-corrected chi connectivity index (χ4v) is 1.81. The Morgan fingerprint density at radius 3 is 2.67 bits per heavy atom. The van der Waals surface area contributed by atoms with Crippen LogP contribution in [-0.2, 0) is 11.2 Å². The van der Waals surface area contributed by atoms with Crippen molar-refractivity contribution in [1.29, 1.82) is 0 Å². The van der Waals surface area contributed by atoms with E-state index < -0.39 is 0 Å². The number of anilines is 1. The fraction of sp³-hybridized carbons (Fsp3) is 0.643. The maximum Gasteiger partial charge on any atom is 0.128 e. The molecule has 0 aliphatic carbocycles. The molecule has 0 aromatic carbocycles. The number of nitrogens with zero attached hydrogens (tertiary/aromatic N) is 2. The van der Waals surface area contributed by atoms with Crippen molar-refractivity contribution < 1.29 is 4.74 Å². The van der Waals surface area contributed by atoms with Crippen LogP contribution in [0.25, 0.3) is 0 Å². The first-order chi connectivity index (χ1) is 8.71. The molecule has 0 aliphatic heterocycles. The third-order valence-corrected chi connectivity index (χ3v) is 3.10. The third-order valence-electron chi connectivity index (χ3n) is 3.10. The number of nitrogens with two attached hydrogens (primary N) is 1. The van der Waals surface area contributed by atoms with Gasteiger partial charge in [-0.05, 0) is 31.4 Å². The van der Waals surface area contributed by atoms with Crippen LogP contribution in [0.3, 0.4) is 0 Å². The van der Waals surface area contributed by atoms with Crippen molar-refractivity contribution in [1.82, 2.24) is 4.98 Å². The topological polar surface area (TPSA) is 51.4 Å². The Hall–Kier alpha value is -1.13. The van der Waals surface area contributed by atoms with Crippen LogP contribution in [0.15, 0.2) is 18.3 Å². The van der Waals surface area contributed by atoms with Gasteiger partial charge in [0.15, 0.2) is 0 Å². The molecule has 0 saturated carbocycles. The summed E-state index contributed by atoms with van der Waals surface area (Å²) in [4.78, 5) is 6.71. The first-order valence-electron chi connectivity index (χ1n) is 6.65. The van der Waals surface area contributed by atoms with Crippen molar-refractivity contribution in [2.75, 3.05) is 31.7 Å². The number of ether oxygens (including phenoxy) is 1. The van der Waals surface area contributed by atoms with Gasteiger partial charge in [0, 0.05) is 32.4 Å². The van der Waals surface area contributed by atoms with Gasteiger partial charge in [0.2, 0.25) is 0 Å². The van der Waals surface area contributed by atoms with Gasteiger partial charge in [-0.25, -0.2) is 4.98 Å². The highest BCUT2D eigenvalue weighted by Gasteiger charge is 2.06. The van der Waals surface area contributed by atoms with Crippen molar-refractivity contribution in [2.45, 2.75) is 32.7 Å². The average molecular weight is 251 g/mol. The van der Waals surface area contributed by atoms with Crippen LogP contribution in [-0.4, -0.2) is 37.8 Å². The minimum atomic E-state index is 0.230. The largest absolute Gasteiger partial charge is 0.383 e. The molecule has 0 amide bonds. The molecule has 4 nitrogen and oxygen atoms in total. The molecule has 0 bridgehead atoms. The zero-order valence-corrected chi connectivity index (χ0v) is 11.7. The highest BCUT2D eigenvalue weighted by atomic mass is 16.5. The Morgan fingerprint density at radius 2 is 2.17 bits per heavy atom. The minimum Gasteiger partial charge on any atom is -0.383 e. The van der Waals surface area contributed by atoms with Crippen molar-refractivity contribution in [3.05, 3.63) is 23.9 Å². The van der Waals surface area contributed by atoms with Gasteiger partial charge in [-0.15, -0.1) is 0 Å². The highest BCUT2D eigenvalue weighted by Crippen LogP contribution is 2.12. The van der Waals surface area contributed by atoms with Gasteiger partial charge in [-0.1, -0.05) is 13.0 Å². The minimum absolute atomic E-state index is 0.230. The lowest BCUT2D eigenvalue weighted by Gasteiger charge is -2.21. The maximum atomic E-state index is 5.94. The molecule has 1 unspecified atom stereocenters. The van der Waals surface area contributed by atoms with E-state index in [4.69, 9.17) is 10.5 Å². The summed E-state index contributed by atoms with van der Waals surface area (Å²) in [6.45, 7) is 6.75. The number of methoxy groups -OCH3 is 1. The predicted octanol–water partition coefficient (Wildman–Crippen LogP) is 1.83. The van der Waals surface area contributed by atoms with Crippen molar-refractivity contribution >= 4 is 5.82 Å². The summed E-state index contributed by atoms with van der Waals surface area (Å²) in [5.41, 5.74) is 7.14. The van der Waals surface area contributed by atoms with Crippen LogP contribution in [0.2, 0.25) is 0 Å². The van der Waals surface area contributed by atoms with E-state index in [2.05, 4.69) is 35.9 Å². The first-order valence-corrected chi connectivity index (χ1v) is 6.65.